The molecule has 3 fully saturated rings. The molecule has 8 heteroatoms. The van der Waals surface area contributed by atoms with E-state index in [9.17, 15) is 14.4 Å². The maximum Gasteiger partial charge on any atom is 0.324 e. The van der Waals surface area contributed by atoms with Crippen LogP contribution in [0.25, 0.3) is 0 Å². The standard InChI is InChI=1S/C15H24N4O4/c20-13(19-6-5-16-15(19)22)10-18-7-8-23-12(9-18)14(21)17-11-3-1-2-4-11/h11-12H,1-10H2,(H,16,22)(H,17,21)/t12-/m1/s1. The molecule has 0 bridgehead atoms. The normalized spacial score (nSPS) is 26.3. The fourth-order valence-corrected chi connectivity index (χ4v) is 3.36. The number of urea groups is 1. The van der Waals surface area contributed by atoms with Gasteiger partial charge < -0.3 is 15.4 Å². The molecular formula is C15H24N4O4. The average molecular weight is 324 g/mol. The Hall–Kier alpha value is -1.67. The molecule has 1 aliphatic carbocycles. The lowest BCUT2D eigenvalue weighted by Crippen LogP contribution is -2.53. The zero-order valence-electron chi connectivity index (χ0n) is 13.3. The number of rotatable bonds is 4. The summed E-state index contributed by atoms with van der Waals surface area (Å²) in [5.74, 6) is -0.315. The molecule has 0 aromatic carbocycles. The SMILES string of the molecule is O=C(NC1CCCC1)[C@H]1CN(CC(=O)N2CCNC2=O)CCO1. The molecule has 2 saturated heterocycles. The Kier molecular flexibility index (Phi) is 5.12. The summed E-state index contributed by atoms with van der Waals surface area (Å²) < 4.78 is 5.55. The Bertz CT molecular complexity index is 478. The van der Waals surface area contributed by atoms with Crippen molar-refractivity contribution >= 4 is 17.8 Å². The first-order valence-electron chi connectivity index (χ1n) is 8.36. The van der Waals surface area contributed by atoms with Crippen LogP contribution in [-0.2, 0) is 14.3 Å². The first kappa shape index (κ1) is 16.2. The second-order valence-corrected chi connectivity index (χ2v) is 6.36. The van der Waals surface area contributed by atoms with Crippen molar-refractivity contribution in [2.75, 3.05) is 39.3 Å². The van der Waals surface area contributed by atoms with E-state index in [-0.39, 0.29) is 30.4 Å². The number of nitrogens with zero attached hydrogens (tertiary/aromatic N) is 2. The Morgan fingerprint density at radius 2 is 2.04 bits per heavy atom. The molecule has 0 unspecified atom stereocenters. The van der Waals surface area contributed by atoms with Gasteiger partial charge in [-0.2, -0.15) is 0 Å². The third-order valence-electron chi connectivity index (χ3n) is 4.66. The second kappa shape index (κ2) is 7.27. The van der Waals surface area contributed by atoms with Gasteiger partial charge in [-0.3, -0.25) is 19.4 Å². The average Bonchev–Trinajstić information content (AvgIpc) is 3.19. The molecule has 3 rings (SSSR count). The van der Waals surface area contributed by atoms with Crippen molar-refractivity contribution < 1.29 is 19.1 Å². The van der Waals surface area contributed by atoms with Crippen LogP contribution in [0.2, 0.25) is 0 Å². The lowest BCUT2D eigenvalue weighted by Gasteiger charge is -2.32. The fraction of sp³-hybridized carbons (Fsp3) is 0.800. The predicted molar refractivity (Wildman–Crippen MR) is 81.7 cm³/mol. The number of carbonyl (C=O) groups excluding carboxylic acids is 3. The van der Waals surface area contributed by atoms with E-state index in [2.05, 4.69) is 10.6 Å². The van der Waals surface area contributed by atoms with Crippen LogP contribution in [0, 0.1) is 0 Å². The summed E-state index contributed by atoms with van der Waals surface area (Å²) in [6.07, 6.45) is 3.85. The predicted octanol–water partition coefficient (Wildman–Crippen LogP) is -0.702. The highest BCUT2D eigenvalue weighted by molar-refractivity contribution is 5.96. The van der Waals surface area contributed by atoms with Crippen molar-refractivity contribution in [3.63, 3.8) is 0 Å². The Morgan fingerprint density at radius 1 is 1.26 bits per heavy atom. The zero-order chi connectivity index (χ0) is 16.2. The molecule has 8 nitrogen and oxygen atoms in total. The topological polar surface area (TPSA) is 91.0 Å². The summed E-state index contributed by atoms with van der Waals surface area (Å²) in [5, 5.41) is 5.65. The molecule has 128 valence electrons. The summed E-state index contributed by atoms with van der Waals surface area (Å²) in [5.41, 5.74) is 0. The van der Waals surface area contributed by atoms with E-state index in [4.69, 9.17) is 4.74 Å². The molecule has 4 amide bonds. The van der Waals surface area contributed by atoms with Crippen molar-refractivity contribution in [1.29, 1.82) is 0 Å². The fourth-order valence-electron chi connectivity index (χ4n) is 3.36. The van der Waals surface area contributed by atoms with Crippen LogP contribution in [-0.4, -0.2) is 79.1 Å². The first-order valence-corrected chi connectivity index (χ1v) is 8.36. The van der Waals surface area contributed by atoms with Gasteiger partial charge in [0.15, 0.2) is 0 Å². The third kappa shape index (κ3) is 4.00. The first-order chi connectivity index (χ1) is 11.1. The molecule has 0 aromatic rings. The van der Waals surface area contributed by atoms with E-state index in [1.807, 2.05) is 4.90 Å². The van der Waals surface area contributed by atoms with Crippen molar-refractivity contribution in [2.45, 2.75) is 37.8 Å². The van der Waals surface area contributed by atoms with Crippen molar-refractivity contribution in [3.05, 3.63) is 0 Å². The minimum Gasteiger partial charge on any atom is -0.366 e. The van der Waals surface area contributed by atoms with Crippen molar-refractivity contribution in [1.82, 2.24) is 20.4 Å². The highest BCUT2D eigenvalue weighted by atomic mass is 16.5. The smallest absolute Gasteiger partial charge is 0.324 e. The quantitative estimate of drug-likeness (QED) is 0.713. The number of carbonyl (C=O) groups is 3. The van der Waals surface area contributed by atoms with E-state index in [0.717, 1.165) is 25.7 Å². The molecule has 0 radical (unpaired) electrons. The van der Waals surface area contributed by atoms with Crippen LogP contribution in [0.4, 0.5) is 4.79 Å². The van der Waals surface area contributed by atoms with Crippen LogP contribution in [0.1, 0.15) is 25.7 Å². The molecule has 1 atom stereocenters. The molecular weight excluding hydrogens is 300 g/mol. The highest BCUT2D eigenvalue weighted by Crippen LogP contribution is 2.18. The summed E-state index contributed by atoms with van der Waals surface area (Å²) >= 11 is 0. The summed E-state index contributed by atoms with van der Waals surface area (Å²) in [7, 11) is 0. The van der Waals surface area contributed by atoms with E-state index in [0.29, 0.717) is 32.8 Å². The van der Waals surface area contributed by atoms with Gasteiger partial charge in [0.05, 0.1) is 13.2 Å². The van der Waals surface area contributed by atoms with Gasteiger partial charge in [-0.25, -0.2) is 4.79 Å². The van der Waals surface area contributed by atoms with Gasteiger partial charge in [0.1, 0.15) is 6.10 Å². The molecule has 2 N–H and O–H groups in total. The maximum atomic E-state index is 12.3. The number of ether oxygens (including phenoxy) is 1. The van der Waals surface area contributed by atoms with Crippen LogP contribution in [0.5, 0.6) is 0 Å². The molecule has 1 saturated carbocycles. The van der Waals surface area contributed by atoms with Crippen LogP contribution in [0.15, 0.2) is 0 Å². The van der Waals surface area contributed by atoms with Gasteiger partial charge in [-0.15, -0.1) is 0 Å². The van der Waals surface area contributed by atoms with Crippen LogP contribution >= 0.6 is 0 Å². The molecule has 23 heavy (non-hydrogen) atoms. The Labute approximate surface area is 135 Å². The number of morpholine rings is 1. The highest BCUT2D eigenvalue weighted by Gasteiger charge is 2.32. The van der Waals surface area contributed by atoms with Crippen LogP contribution < -0.4 is 10.6 Å². The summed E-state index contributed by atoms with van der Waals surface area (Å²) in [4.78, 5) is 39.1. The zero-order valence-corrected chi connectivity index (χ0v) is 13.3. The summed E-state index contributed by atoms with van der Waals surface area (Å²) in [6, 6.07) is -0.0739. The number of nitrogens with one attached hydrogen (secondary N) is 2. The van der Waals surface area contributed by atoms with Gasteiger partial charge in [0.25, 0.3) is 5.91 Å². The van der Waals surface area contributed by atoms with Gasteiger partial charge >= 0.3 is 6.03 Å². The lowest BCUT2D eigenvalue weighted by atomic mass is 10.2. The number of imide groups is 1. The third-order valence-corrected chi connectivity index (χ3v) is 4.66. The van der Waals surface area contributed by atoms with Gasteiger partial charge in [-0.1, -0.05) is 12.8 Å². The van der Waals surface area contributed by atoms with Gasteiger partial charge in [0.2, 0.25) is 5.91 Å². The van der Waals surface area contributed by atoms with E-state index in [1.54, 1.807) is 0 Å². The second-order valence-electron chi connectivity index (χ2n) is 6.36. The molecule has 3 aliphatic rings. The van der Waals surface area contributed by atoms with E-state index >= 15 is 0 Å². The van der Waals surface area contributed by atoms with Gasteiger partial charge in [-0.05, 0) is 12.8 Å². The van der Waals surface area contributed by atoms with E-state index in [1.165, 1.54) is 4.90 Å². The Morgan fingerprint density at radius 3 is 2.74 bits per heavy atom. The maximum absolute atomic E-state index is 12.3. The molecule has 0 aromatic heterocycles. The number of hydrogen-bond acceptors (Lipinski definition) is 5. The largest absolute Gasteiger partial charge is 0.366 e. The molecule has 0 spiro atoms. The van der Waals surface area contributed by atoms with Crippen molar-refractivity contribution in [2.24, 2.45) is 0 Å². The van der Waals surface area contributed by atoms with Crippen molar-refractivity contribution in [3.8, 4) is 0 Å². The monoisotopic (exact) mass is 324 g/mol. The lowest BCUT2D eigenvalue weighted by molar-refractivity contribution is -0.142. The van der Waals surface area contributed by atoms with E-state index < -0.39 is 6.10 Å². The molecule has 2 heterocycles. The van der Waals surface area contributed by atoms with Crippen LogP contribution in [0.3, 0.4) is 0 Å². The minimum absolute atomic E-state index is 0.0898. The minimum atomic E-state index is -0.537. The molecule has 2 aliphatic heterocycles. The number of hydrogen-bond donors (Lipinski definition) is 2. The number of amides is 4. The Balaban J connectivity index is 1.48. The van der Waals surface area contributed by atoms with Gasteiger partial charge in [0, 0.05) is 32.2 Å². The summed E-state index contributed by atoms with van der Waals surface area (Å²) in [6.45, 7) is 2.45.